The highest BCUT2D eigenvalue weighted by atomic mass is 32.1. The van der Waals surface area contributed by atoms with Gasteiger partial charge < -0.3 is 0 Å². The first kappa shape index (κ1) is 14.9. The fraction of sp³-hybridized carbons (Fsp3) is 0.0455. The van der Waals surface area contributed by atoms with Crippen LogP contribution in [0, 0.1) is 6.92 Å². The molecule has 24 heavy (non-hydrogen) atoms. The molecule has 0 aliphatic rings. The van der Waals surface area contributed by atoms with Crippen LogP contribution in [0.4, 0.5) is 0 Å². The van der Waals surface area contributed by atoms with Gasteiger partial charge in [-0.2, -0.15) is 0 Å². The van der Waals surface area contributed by atoms with Crippen LogP contribution in [-0.2, 0) is 0 Å². The third kappa shape index (κ3) is 3.01. The molecule has 2 heteroatoms. The van der Waals surface area contributed by atoms with E-state index in [1.165, 1.54) is 27.0 Å². The molecule has 0 fully saturated rings. The van der Waals surface area contributed by atoms with Crippen molar-refractivity contribution in [2.75, 3.05) is 0 Å². The molecule has 0 aliphatic carbocycles. The largest absolute Gasteiger partial charge is 0.236 e. The summed E-state index contributed by atoms with van der Waals surface area (Å²) in [7, 11) is 0. The molecule has 3 aromatic carbocycles. The zero-order chi connectivity index (χ0) is 16.4. The Morgan fingerprint density at radius 1 is 0.833 bits per heavy atom. The molecule has 4 rings (SSSR count). The van der Waals surface area contributed by atoms with Crippen LogP contribution in [-0.4, -0.2) is 4.98 Å². The lowest BCUT2D eigenvalue weighted by Gasteiger charge is -2.03. The normalized spacial score (nSPS) is 11.4. The molecular formula is C22H17NS. The summed E-state index contributed by atoms with van der Waals surface area (Å²) in [5.74, 6) is 0. The Kier molecular flexibility index (Phi) is 3.97. The van der Waals surface area contributed by atoms with Gasteiger partial charge in [-0.05, 0) is 41.8 Å². The number of fused-ring (bicyclic) bond motifs is 1. The zero-order valence-corrected chi connectivity index (χ0v) is 14.3. The first-order valence-electron chi connectivity index (χ1n) is 7.99. The number of benzene rings is 3. The van der Waals surface area contributed by atoms with Crippen molar-refractivity contribution in [3.05, 3.63) is 89.5 Å². The molecule has 0 spiro atoms. The van der Waals surface area contributed by atoms with Crippen LogP contribution in [0.1, 0.15) is 16.7 Å². The molecule has 0 unspecified atom stereocenters. The fourth-order valence-corrected chi connectivity index (χ4v) is 3.66. The molecule has 0 N–H and O–H groups in total. The van der Waals surface area contributed by atoms with Crippen molar-refractivity contribution in [1.82, 2.24) is 4.98 Å². The Morgan fingerprint density at radius 3 is 2.46 bits per heavy atom. The van der Waals surface area contributed by atoms with Gasteiger partial charge >= 0.3 is 0 Å². The predicted octanol–water partition coefficient (Wildman–Crippen LogP) is 6.44. The number of hydrogen-bond acceptors (Lipinski definition) is 2. The van der Waals surface area contributed by atoms with Crippen LogP contribution >= 0.6 is 11.3 Å². The second-order valence-corrected chi connectivity index (χ2v) is 6.83. The summed E-state index contributed by atoms with van der Waals surface area (Å²) in [4.78, 5) is 4.77. The number of para-hydroxylation sites is 1. The summed E-state index contributed by atoms with van der Waals surface area (Å²) in [6.07, 6.45) is 4.34. The summed E-state index contributed by atoms with van der Waals surface area (Å²) in [6, 6.07) is 25.2. The van der Waals surface area contributed by atoms with Crippen molar-refractivity contribution in [3.63, 3.8) is 0 Å². The minimum absolute atomic E-state index is 1.07. The van der Waals surface area contributed by atoms with Gasteiger partial charge in [0, 0.05) is 5.56 Å². The van der Waals surface area contributed by atoms with E-state index >= 15 is 0 Å². The average molecular weight is 327 g/mol. The van der Waals surface area contributed by atoms with Gasteiger partial charge in [-0.1, -0.05) is 66.7 Å². The molecule has 0 saturated heterocycles. The lowest BCUT2D eigenvalue weighted by Crippen LogP contribution is -1.83. The van der Waals surface area contributed by atoms with E-state index in [0.717, 1.165) is 10.5 Å². The molecule has 1 heterocycles. The Hall–Kier alpha value is -2.71. The third-order valence-electron chi connectivity index (χ3n) is 4.07. The molecule has 0 aliphatic heterocycles. The highest BCUT2D eigenvalue weighted by Gasteiger charge is 2.07. The number of hydrogen-bond donors (Lipinski definition) is 0. The molecule has 0 radical (unpaired) electrons. The van der Waals surface area contributed by atoms with Crippen molar-refractivity contribution >= 4 is 33.7 Å². The fourth-order valence-electron chi connectivity index (χ4n) is 2.70. The molecule has 0 atom stereocenters. The van der Waals surface area contributed by atoms with Gasteiger partial charge in [0.1, 0.15) is 5.01 Å². The Bertz CT molecular complexity index is 980. The maximum Gasteiger partial charge on any atom is 0.124 e. The van der Waals surface area contributed by atoms with Gasteiger partial charge in [0.2, 0.25) is 0 Å². The van der Waals surface area contributed by atoms with E-state index in [-0.39, 0.29) is 0 Å². The molecule has 4 aromatic rings. The molecule has 0 amide bonds. The van der Waals surface area contributed by atoms with E-state index in [4.69, 9.17) is 4.98 Å². The van der Waals surface area contributed by atoms with Crippen LogP contribution in [0.25, 0.3) is 32.9 Å². The Balaban J connectivity index is 1.72. The lowest BCUT2D eigenvalue weighted by atomic mass is 10.0. The molecule has 116 valence electrons. The van der Waals surface area contributed by atoms with Crippen molar-refractivity contribution < 1.29 is 0 Å². The van der Waals surface area contributed by atoms with Crippen LogP contribution in [0.2, 0.25) is 0 Å². The first-order chi connectivity index (χ1) is 11.8. The number of thiazole rings is 1. The monoisotopic (exact) mass is 327 g/mol. The third-order valence-corrected chi connectivity index (χ3v) is 5.16. The highest BCUT2D eigenvalue weighted by molar-refractivity contribution is 7.21. The Morgan fingerprint density at radius 2 is 1.62 bits per heavy atom. The lowest BCUT2D eigenvalue weighted by molar-refractivity contribution is 1.42. The summed E-state index contributed by atoms with van der Waals surface area (Å²) >= 11 is 1.74. The van der Waals surface area contributed by atoms with E-state index in [2.05, 4.69) is 79.7 Å². The summed E-state index contributed by atoms with van der Waals surface area (Å²) < 4.78 is 1.23. The van der Waals surface area contributed by atoms with Crippen molar-refractivity contribution in [3.8, 4) is 10.6 Å². The number of nitrogens with zero attached hydrogens (tertiary/aromatic N) is 1. The van der Waals surface area contributed by atoms with Gasteiger partial charge in [-0.15, -0.1) is 11.3 Å². The minimum atomic E-state index is 1.07. The predicted molar refractivity (Wildman–Crippen MR) is 105 cm³/mol. The average Bonchev–Trinajstić information content (AvgIpc) is 3.06. The van der Waals surface area contributed by atoms with Crippen LogP contribution in [0.3, 0.4) is 0 Å². The maximum absolute atomic E-state index is 4.77. The molecular weight excluding hydrogens is 310 g/mol. The summed E-state index contributed by atoms with van der Waals surface area (Å²) in [5.41, 5.74) is 5.96. The van der Waals surface area contributed by atoms with Crippen molar-refractivity contribution in [1.29, 1.82) is 0 Å². The van der Waals surface area contributed by atoms with E-state index in [0.29, 0.717) is 0 Å². The van der Waals surface area contributed by atoms with E-state index < -0.39 is 0 Å². The van der Waals surface area contributed by atoms with Crippen molar-refractivity contribution in [2.24, 2.45) is 0 Å². The molecule has 1 nitrogen and oxygen atoms in total. The van der Waals surface area contributed by atoms with Crippen molar-refractivity contribution in [2.45, 2.75) is 6.92 Å². The number of aryl methyl sites for hydroxylation is 1. The Labute approximate surface area is 145 Å². The van der Waals surface area contributed by atoms with Crippen LogP contribution in [0.15, 0.2) is 72.8 Å². The van der Waals surface area contributed by atoms with Gasteiger partial charge in [-0.25, -0.2) is 4.98 Å². The summed E-state index contributed by atoms with van der Waals surface area (Å²) in [5, 5.41) is 1.07. The molecule has 1 aromatic heterocycles. The minimum Gasteiger partial charge on any atom is -0.236 e. The standard InChI is InChI=1S/C22H17NS/c1-16-11-13-19(22-23-20-9-5-6-10-21(20)24-22)15-18(16)14-12-17-7-3-2-4-8-17/h2-15H,1H3. The topological polar surface area (TPSA) is 12.9 Å². The summed E-state index contributed by atoms with van der Waals surface area (Å²) in [6.45, 7) is 2.15. The SMILES string of the molecule is Cc1ccc(-c2nc3ccccc3s2)cc1C=Cc1ccccc1. The van der Waals surface area contributed by atoms with E-state index in [9.17, 15) is 0 Å². The van der Waals surface area contributed by atoms with E-state index in [1.807, 2.05) is 12.1 Å². The van der Waals surface area contributed by atoms with Gasteiger partial charge in [0.15, 0.2) is 0 Å². The molecule has 0 saturated carbocycles. The maximum atomic E-state index is 4.77. The number of aromatic nitrogens is 1. The second kappa shape index (κ2) is 6.42. The van der Waals surface area contributed by atoms with Gasteiger partial charge in [0.05, 0.1) is 10.2 Å². The first-order valence-corrected chi connectivity index (χ1v) is 8.81. The van der Waals surface area contributed by atoms with Crippen LogP contribution < -0.4 is 0 Å². The number of rotatable bonds is 3. The smallest absolute Gasteiger partial charge is 0.124 e. The van der Waals surface area contributed by atoms with E-state index in [1.54, 1.807) is 11.3 Å². The molecule has 0 bridgehead atoms. The van der Waals surface area contributed by atoms with Gasteiger partial charge in [0.25, 0.3) is 0 Å². The van der Waals surface area contributed by atoms with Crippen LogP contribution in [0.5, 0.6) is 0 Å². The van der Waals surface area contributed by atoms with Gasteiger partial charge in [-0.3, -0.25) is 0 Å². The highest BCUT2D eigenvalue weighted by Crippen LogP contribution is 2.31. The quantitative estimate of drug-likeness (QED) is 0.394. The zero-order valence-electron chi connectivity index (χ0n) is 13.4. The second-order valence-electron chi connectivity index (χ2n) is 5.80.